The molecule has 7 heteroatoms. The average Bonchev–Trinajstić information content (AvgIpc) is 3.89. The molecule has 0 saturated carbocycles. The summed E-state index contributed by atoms with van der Waals surface area (Å²) >= 11 is 0. The second-order valence-electron chi connectivity index (χ2n) is 13.9. The summed E-state index contributed by atoms with van der Waals surface area (Å²) in [7, 11) is 0. The van der Waals surface area contributed by atoms with E-state index in [-0.39, 0.29) is 24.9 Å². The molecule has 48 heavy (non-hydrogen) atoms. The molecule has 0 amide bonds. The van der Waals surface area contributed by atoms with Crippen LogP contribution in [0.4, 0.5) is 0 Å². The molecule has 2 unspecified atom stereocenters. The Kier molecular flexibility index (Phi) is 12.0. The van der Waals surface area contributed by atoms with Crippen LogP contribution in [0, 0.1) is 0 Å². The fourth-order valence-electron chi connectivity index (χ4n) is 5.64. The van der Waals surface area contributed by atoms with E-state index >= 15 is 0 Å². The lowest BCUT2D eigenvalue weighted by Gasteiger charge is -2.29. The molecule has 4 aromatic rings. The van der Waals surface area contributed by atoms with E-state index in [0.717, 1.165) is 55.3 Å². The molecule has 256 valence electrons. The molecule has 7 nitrogen and oxygen atoms in total. The molecule has 0 aliphatic carbocycles. The number of hydrogen-bond acceptors (Lipinski definition) is 7. The van der Waals surface area contributed by atoms with E-state index < -0.39 is 11.7 Å². The number of ether oxygens (including phenoxy) is 5. The zero-order chi connectivity index (χ0) is 34.0. The van der Waals surface area contributed by atoms with Gasteiger partial charge in [0.05, 0.1) is 12.7 Å². The van der Waals surface area contributed by atoms with Crippen LogP contribution in [0.3, 0.4) is 0 Å². The van der Waals surface area contributed by atoms with Gasteiger partial charge in [-0.15, -0.1) is 0 Å². The van der Waals surface area contributed by atoms with Gasteiger partial charge in [-0.3, -0.25) is 0 Å². The van der Waals surface area contributed by atoms with Crippen LogP contribution in [0.15, 0.2) is 97.1 Å². The Balaban J connectivity index is 1.02. The fraction of sp³-hybridized carbons (Fsp3) is 0.415. The van der Waals surface area contributed by atoms with E-state index in [0.29, 0.717) is 13.0 Å². The maximum Gasteiger partial charge on any atom is 0.120 e. The normalized spacial score (nSPS) is 15.1. The first-order chi connectivity index (χ1) is 23.0. The number of epoxide rings is 1. The summed E-state index contributed by atoms with van der Waals surface area (Å²) < 4.78 is 29.2. The van der Waals surface area contributed by atoms with Gasteiger partial charge in [-0.05, 0) is 124 Å². The van der Waals surface area contributed by atoms with Crippen LogP contribution in [0.5, 0.6) is 23.0 Å². The van der Waals surface area contributed by atoms with Gasteiger partial charge in [-0.25, -0.2) is 0 Å². The van der Waals surface area contributed by atoms with Crippen molar-refractivity contribution >= 4 is 0 Å². The highest BCUT2D eigenvalue weighted by atomic mass is 16.6. The summed E-state index contributed by atoms with van der Waals surface area (Å²) in [5, 5.41) is 19.9. The molecule has 0 spiro atoms. The number of aliphatic hydroxyl groups is 2. The molecular formula is C41H50O7. The zero-order valence-electron chi connectivity index (χ0n) is 28.7. The van der Waals surface area contributed by atoms with Gasteiger partial charge >= 0.3 is 0 Å². The number of rotatable bonds is 19. The first-order valence-electron chi connectivity index (χ1n) is 16.9. The molecule has 1 aliphatic rings. The van der Waals surface area contributed by atoms with E-state index in [4.69, 9.17) is 28.8 Å². The Morgan fingerprint density at radius 2 is 1.06 bits per heavy atom. The van der Waals surface area contributed by atoms with Crippen molar-refractivity contribution in [3.8, 4) is 23.0 Å². The third kappa shape index (κ3) is 11.9. The van der Waals surface area contributed by atoms with Crippen molar-refractivity contribution < 1.29 is 33.9 Å². The molecule has 4 aromatic carbocycles. The van der Waals surface area contributed by atoms with Gasteiger partial charge < -0.3 is 33.9 Å². The molecule has 1 fully saturated rings. The summed E-state index contributed by atoms with van der Waals surface area (Å²) in [6.07, 6.45) is 3.12. The van der Waals surface area contributed by atoms with Gasteiger partial charge in [0.15, 0.2) is 0 Å². The number of aliphatic hydroxyl groups excluding tert-OH is 2. The third-order valence-corrected chi connectivity index (χ3v) is 8.24. The topological polar surface area (TPSA) is 89.9 Å². The molecule has 5 rings (SSSR count). The Labute approximate surface area is 285 Å². The van der Waals surface area contributed by atoms with Gasteiger partial charge in [0.1, 0.15) is 53.5 Å². The second-order valence-corrected chi connectivity index (χ2v) is 13.9. The summed E-state index contributed by atoms with van der Waals surface area (Å²) in [5.74, 6) is 3.18. The Morgan fingerprint density at radius 1 is 0.646 bits per heavy atom. The van der Waals surface area contributed by atoms with E-state index in [1.807, 2.05) is 76.2 Å². The summed E-state index contributed by atoms with van der Waals surface area (Å²) in [4.78, 5) is 0. The van der Waals surface area contributed by atoms with E-state index in [1.165, 1.54) is 22.3 Å². The van der Waals surface area contributed by atoms with Crippen LogP contribution in [0.1, 0.15) is 69.2 Å². The fourth-order valence-corrected chi connectivity index (χ4v) is 5.64. The minimum Gasteiger partial charge on any atom is -0.491 e. The van der Waals surface area contributed by atoms with Crippen molar-refractivity contribution in [1.82, 2.24) is 0 Å². The van der Waals surface area contributed by atoms with Gasteiger partial charge in [0, 0.05) is 13.0 Å². The zero-order valence-corrected chi connectivity index (χ0v) is 28.7. The van der Waals surface area contributed by atoms with Crippen molar-refractivity contribution in [2.75, 3.05) is 26.4 Å². The van der Waals surface area contributed by atoms with Crippen LogP contribution >= 0.6 is 0 Å². The highest BCUT2D eigenvalue weighted by Crippen LogP contribution is 2.26. The summed E-state index contributed by atoms with van der Waals surface area (Å²) in [6.45, 7) is 9.80. The molecule has 0 radical (unpaired) electrons. The lowest BCUT2D eigenvalue weighted by Crippen LogP contribution is -2.35. The van der Waals surface area contributed by atoms with Crippen molar-refractivity contribution in [3.05, 3.63) is 119 Å². The second kappa shape index (κ2) is 16.4. The minimum atomic E-state index is -0.683. The maximum atomic E-state index is 10.8. The van der Waals surface area contributed by atoms with Crippen molar-refractivity contribution in [2.45, 2.75) is 83.2 Å². The molecule has 1 saturated heterocycles. The van der Waals surface area contributed by atoms with E-state index in [9.17, 15) is 5.11 Å². The first kappa shape index (κ1) is 35.3. The van der Waals surface area contributed by atoms with Crippen LogP contribution < -0.4 is 18.9 Å². The standard InChI is InChI=1S/C41H50O7/c1-40(2,22-5-23-42)47-37-18-10-32(11-19-37)24-30-6-14-35(15-7-30)44-27-34(43)26-41(3,4)48-38-20-12-33(13-21-38)25-31-8-16-36(17-9-31)45-28-39-29-46-39/h6-21,34,39,42-43H,5,22-29H2,1-4H3. The van der Waals surface area contributed by atoms with Crippen molar-refractivity contribution in [3.63, 3.8) is 0 Å². The van der Waals surface area contributed by atoms with Crippen LogP contribution in [0.25, 0.3) is 0 Å². The smallest absolute Gasteiger partial charge is 0.120 e. The molecule has 2 N–H and O–H groups in total. The van der Waals surface area contributed by atoms with Crippen LogP contribution in [-0.2, 0) is 17.6 Å². The Bertz CT molecular complexity index is 1520. The summed E-state index contributed by atoms with van der Waals surface area (Å²) in [6, 6.07) is 32.5. The quantitative estimate of drug-likeness (QED) is 0.101. The van der Waals surface area contributed by atoms with Gasteiger partial charge in [0.2, 0.25) is 0 Å². The number of hydrogen-bond donors (Lipinski definition) is 2. The van der Waals surface area contributed by atoms with E-state index in [1.54, 1.807) is 0 Å². The SMILES string of the molecule is CC(C)(CCCO)Oc1ccc(Cc2ccc(OCC(O)CC(C)(C)Oc3ccc(Cc4ccc(OCC5CO5)cc4)cc3)cc2)cc1. The predicted molar refractivity (Wildman–Crippen MR) is 188 cm³/mol. The molecule has 0 bridgehead atoms. The predicted octanol–water partition coefficient (Wildman–Crippen LogP) is 7.56. The largest absolute Gasteiger partial charge is 0.491 e. The van der Waals surface area contributed by atoms with Gasteiger partial charge in [0.25, 0.3) is 0 Å². The van der Waals surface area contributed by atoms with Crippen molar-refractivity contribution in [2.24, 2.45) is 0 Å². The lowest BCUT2D eigenvalue weighted by atomic mass is 10.0. The molecule has 1 aliphatic heterocycles. The van der Waals surface area contributed by atoms with E-state index in [2.05, 4.69) is 48.5 Å². The highest BCUT2D eigenvalue weighted by molar-refractivity contribution is 5.35. The van der Waals surface area contributed by atoms with Gasteiger partial charge in [-0.2, -0.15) is 0 Å². The minimum absolute atomic E-state index is 0.172. The Morgan fingerprint density at radius 3 is 1.50 bits per heavy atom. The average molecular weight is 655 g/mol. The van der Waals surface area contributed by atoms with Crippen molar-refractivity contribution in [1.29, 1.82) is 0 Å². The van der Waals surface area contributed by atoms with Crippen LogP contribution in [0.2, 0.25) is 0 Å². The first-order valence-corrected chi connectivity index (χ1v) is 16.9. The molecule has 1 heterocycles. The maximum absolute atomic E-state index is 10.8. The third-order valence-electron chi connectivity index (χ3n) is 8.24. The monoisotopic (exact) mass is 654 g/mol. The molecular weight excluding hydrogens is 604 g/mol. The van der Waals surface area contributed by atoms with Gasteiger partial charge in [-0.1, -0.05) is 48.5 Å². The molecule has 2 atom stereocenters. The Hall–Kier alpha value is -4.04. The lowest BCUT2D eigenvalue weighted by molar-refractivity contribution is 0.0175. The molecule has 0 aromatic heterocycles. The van der Waals surface area contributed by atoms with Crippen LogP contribution in [-0.4, -0.2) is 60.1 Å². The summed E-state index contributed by atoms with van der Waals surface area (Å²) in [5.41, 5.74) is 3.86. The number of benzene rings is 4. The highest BCUT2D eigenvalue weighted by Gasteiger charge is 2.25.